The normalized spacial score (nSPS) is 35.0. The molecular weight excluding hydrogens is 234 g/mol. The fourth-order valence-corrected chi connectivity index (χ4v) is 4.63. The lowest BCUT2D eigenvalue weighted by Gasteiger charge is -2.53. The van der Waals surface area contributed by atoms with Crippen molar-refractivity contribution in [2.75, 3.05) is 20.7 Å². The highest BCUT2D eigenvalue weighted by atomic mass is 16.5. The molecule has 0 radical (unpaired) electrons. The van der Waals surface area contributed by atoms with Crippen molar-refractivity contribution in [2.45, 2.75) is 49.5 Å². The lowest BCUT2D eigenvalue weighted by molar-refractivity contribution is 0.0821. The molecular formula is C17H23NO. The predicted octanol–water partition coefficient (Wildman–Crippen LogP) is 3.09. The van der Waals surface area contributed by atoms with E-state index in [-0.39, 0.29) is 0 Å². The molecule has 1 aromatic rings. The van der Waals surface area contributed by atoms with Crippen molar-refractivity contribution >= 4 is 0 Å². The van der Waals surface area contributed by atoms with E-state index in [1.165, 1.54) is 32.2 Å². The molecule has 19 heavy (non-hydrogen) atoms. The van der Waals surface area contributed by atoms with Gasteiger partial charge in [0.05, 0.1) is 7.11 Å². The Morgan fingerprint density at radius 2 is 2.00 bits per heavy atom. The lowest BCUT2D eigenvalue weighted by Crippen LogP contribution is -2.55. The molecule has 2 atom stereocenters. The molecule has 2 bridgehead atoms. The third kappa shape index (κ3) is 1.41. The average molecular weight is 257 g/mol. The fraction of sp³-hybridized carbons (Fsp3) is 0.647. The van der Waals surface area contributed by atoms with E-state index in [0.29, 0.717) is 10.8 Å². The van der Waals surface area contributed by atoms with Crippen LogP contribution in [0.2, 0.25) is 0 Å². The van der Waals surface area contributed by atoms with Crippen molar-refractivity contribution in [2.24, 2.45) is 0 Å². The number of likely N-dealkylation sites (N-methyl/N-ethyl adjacent to an activating group) is 1. The Bertz CT molecular complexity index is 534. The van der Waals surface area contributed by atoms with Gasteiger partial charge in [0, 0.05) is 11.5 Å². The molecule has 2 unspecified atom stereocenters. The SMILES string of the molecule is COc1ccc2c(c1)C1(C)CCN(C)C(C1)C21CC1. The zero-order valence-electron chi connectivity index (χ0n) is 12.2. The van der Waals surface area contributed by atoms with Gasteiger partial charge in [0.15, 0.2) is 0 Å². The van der Waals surface area contributed by atoms with E-state index >= 15 is 0 Å². The van der Waals surface area contributed by atoms with Crippen molar-refractivity contribution < 1.29 is 4.74 Å². The Kier molecular flexibility index (Phi) is 2.20. The highest BCUT2D eigenvalue weighted by molar-refractivity contribution is 5.51. The van der Waals surface area contributed by atoms with Crippen molar-refractivity contribution in [1.82, 2.24) is 4.90 Å². The summed E-state index contributed by atoms with van der Waals surface area (Å²) in [5, 5.41) is 0. The van der Waals surface area contributed by atoms with Crippen LogP contribution in [-0.4, -0.2) is 31.6 Å². The van der Waals surface area contributed by atoms with Gasteiger partial charge in [-0.1, -0.05) is 13.0 Å². The van der Waals surface area contributed by atoms with Crippen molar-refractivity contribution in [3.8, 4) is 5.75 Å². The molecule has 2 heteroatoms. The predicted molar refractivity (Wildman–Crippen MR) is 76.9 cm³/mol. The lowest BCUT2D eigenvalue weighted by atomic mass is 9.60. The van der Waals surface area contributed by atoms with Crippen LogP contribution >= 0.6 is 0 Å². The summed E-state index contributed by atoms with van der Waals surface area (Å²) in [5.74, 6) is 1.02. The number of rotatable bonds is 1. The topological polar surface area (TPSA) is 12.5 Å². The van der Waals surface area contributed by atoms with Gasteiger partial charge < -0.3 is 9.64 Å². The van der Waals surface area contributed by atoms with Gasteiger partial charge in [0.25, 0.3) is 0 Å². The molecule has 1 spiro atoms. The first-order chi connectivity index (χ1) is 9.09. The molecule has 1 saturated carbocycles. The van der Waals surface area contributed by atoms with Crippen LogP contribution in [0.4, 0.5) is 0 Å². The van der Waals surface area contributed by atoms with Crippen LogP contribution in [-0.2, 0) is 10.8 Å². The summed E-state index contributed by atoms with van der Waals surface area (Å²) in [6.45, 7) is 3.69. The van der Waals surface area contributed by atoms with Crippen molar-refractivity contribution in [3.63, 3.8) is 0 Å². The second kappa shape index (κ2) is 3.54. The zero-order valence-corrected chi connectivity index (χ0v) is 12.2. The minimum atomic E-state index is 0.356. The van der Waals surface area contributed by atoms with E-state index in [4.69, 9.17) is 4.74 Å². The van der Waals surface area contributed by atoms with Crippen LogP contribution in [0.25, 0.3) is 0 Å². The number of ether oxygens (including phenoxy) is 1. The molecule has 4 rings (SSSR count). The number of likely N-dealkylation sites (tertiary alicyclic amines) is 1. The number of nitrogens with zero attached hydrogens (tertiary/aromatic N) is 1. The maximum Gasteiger partial charge on any atom is 0.119 e. The third-order valence-electron chi connectivity index (χ3n) is 6.03. The summed E-state index contributed by atoms with van der Waals surface area (Å²) in [4.78, 5) is 2.61. The molecule has 1 heterocycles. The van der Waals surface area contributed by atoms with Crippen molar-refractivity contribution in [1.29, 1.82) is 0 Å². The monoisotopic (exact) mass is 257 g/mol. The van der Waals surface area contributed by atoms with Gasteiger partial charge in [-0.25, -0.2) is 0 Å². The number of fused-ring (bicyclic) bond motifs is 6. The summed E-state index contributed by atoms with van der Waals surface area (Å²) in [6, 6.07) is 7.58. The highest BCUT2D eigenvalue weighted by Crippen LogP contribution is 2.62. The molecule has 1 saturated heterocycles. The number of hydrogen-bond acceptors (Lipinski definition) is 2. The Hall–Kier alpha value is -1.02. The molecule has 1 aromatic carbocycles. The van der Waals surface area contributed by atoms with Gasteiger partial charge in [0.2, 0.25) is 0 Å². The molecule has 2 nitrogen and oxygen atoms in total. The van der Waals surface area contributed by atoms with E-state index < -0.39 is 0 Å². The Morgan fingerprint density at radius 3 is 2.68 bits per heavy atom. The number of methoxy groups -OCH3 is 1. The van der Waals surface area contributed by atoms with Gasteiger partial charge in [-0.15, -0.1) is 0 Å². The summed E-state index contributed by atoms with van der Waals surface area (Å²) in [5.41, 5.74) is 4.03. The molecule has 0 amide bonds. The number of piperidine rings is 1. The van der Waals surface area contributed by atoms with Gasteiger partial charge in [-0.2, -0.15) is 0 Å². The minimum Gasteiger partial charge on any atom is -0.497 e. The average Bonchev–Trinajstić information content (AvgIpc) is 3.21. The van der Waals surface area contributed by atoms with Crippen LogP contribution in [0, 0.1) is 0 Å². The Labute approximate surface area is 115 Å². The quantitative estimate of drug-likeness (QED) is 0.766. The molecule has 1 aliphatic heterocycles. The third-order valence-corrected chi connectivity index (χ3v) is 6.03. The molecule has 0 aromatic heterocycles. The first kappa shape index (κ1) is 11.8. The first-order valence-electron chi connectivity index (χ1n) is 7.48. The van der Waals surface area contributed by atoms with E-state index in [2.05, 4.69) is 37.1 Å². The van der Waals surface area contributed by atoms with Crippen LogP contribution in [0.5, 0.6) is 5.75 Å². The van der Waals surface area contributed by atoms with E-state index in [1.807, 2.05) is 0 Å². The summed E-state index contributed by atoms with van der Waals surface area (Å²) >= 11 is 0. The van der Waals surface area contributed by atoms with E-state index in [1.54, 1.807) is 18.2 Å². The van der Waals surface area contributed by atoms with E-state index in [9.17, 15) is 0 Å². The molecule has 2 aliphatic carbocycles. The fourth-order valence-electron chi connectivity index (χ4n) is 4.63. The first-order valence-corrected chi connectivity index (χ1v) is 7.48. The van der Waals surface area contributed by atoms with Crippen LogP contribution < -0.4 is 4.74 Å². The summed E-state index contributed by atoms with van der Waals surface area (Å²) < 4.78 is 5.46. The van der Waals surface area contributed by atoms with Crippen LogP contribution in [0.15, 0.2) is 18.2 Å². The van der Waals surface area contributed by atoms with Crippen molar-refractivity contribution in [3.05, 3.63) is 29.3 Å². The maximum absolute atomic E-state index is 5.46. The minimum absolute atomic E-state index is 0.356. The van der Waals surface area contributed by atoms with E-state index in [0.717, 1.165) is 11.8 Å². The zero-order chi connectivity index (χ0) is 13.3. The Balaban J connectivity index is 1.92. The standard InChI is InChI=1S/C17H23NO/c1-16-8-9-18(2)15(11-16)17(6-7-17)13-5-4-12(19-3)10-14(13)16/h4-5,10,15H,6-9,11H2,1-3H3. The maximum atomic E-state index is 5.46. The number of benzene rings is 1. The second-order valence-electron chi connectivity index (χ2n) is 7.08. The van der Waals surface area contributed by atoms with Crippen LogP contribution in [0.1, 0.15) is 43.7 Å². The summed E-state index contributed by atoms with van der Waals surface area (Å²) in [7, 11) is 4.09. The Morgan fingerprint density at radius 1 is 1.21 bits per heavy atom. The van der Waals surface area contributed by atoms with Gasteiger partial charge >= 0.3 is 0 Å². The number of hydrogen-bond donors (Lipinski definition) is 0. The molecule has 2 fully saturated rings. The smallest absolute Gasteiger partial charge is 0.119 e. The van der Waals surface area contributed by atoms with Crippen LogP contribution in [0.3, 0.4) is 0 Å². The summed E-state index contributed by atoms with van der Waals surface area (Å²) in [6.07, 6.45) is 5.34. The second-order valence-corrected chi connectivity index (χ2v) is 7.08. The molecule has 0 N–H and O–H groups in total. The van der Waals surface area contributed by atoms with Gasteiger partial charge in [0.1, 0.15) is 5.75 Å². The largest absolute Gasteiger partial charge is 0.497 e. The molecule has 102 valence electrons. The van der Waals surface area contributed by atoms with Gasteiger partial charge in [-0.05, 0) is 68.0 Å². The molecule has 3 aliphatic rings. The highest BCUT2D eigenvalue weighted by Gasteiger charge is 2.60. The van der Waals surface area contributed by atoms with Gasteiger partial charge in [-0.3, -0.25) is 0 Å².